The third-order valence-electron chi connectivity index (χ3n) is 7.69. The summed E-state index contributed by atoms with van der Waals surface area (Å²) in [6.07, 6.45) is -3.92. The molecule has 5 rings (SSSR count). The summed E-state index contributed by atoms with van der Waals surface area (Å²) >= 11 is 0.641. The normalized spacial score (nSPS) is 20.9. The number of hydrogen-bond acceptors (Lipinski definition) is 5. The smallest absolute Gasteiger partial charge is 0.425 e. The van der Waals surface area contributed by atoms with Gasteiger partial charge in [0.05, 0.1) is 31.7 Å². The molecule has 1 N–H and O–H groups in total. The van der Waals surface area contributed by atoms with E-state index in [4.69, 9.17) is 0 Å². The number of carbonyl (C=O) groups excluding carboxylic acids is 1. The monoisotopic (exact) mass is 566 g/mol. The Morgan fingerprint density at radius 2 is 1.79 bits per heavy atom. The van der Waals surface area contributed by atoms with Crippen molar-refractivity contribution in [3.63, 3.8) is 0 Å². The minimum Gasteiger partial charge on any atom is -0.480 e. The molecule has 210 valence electrons. The molecule has 1 saturated heterocycles. The summed E-state index contributed by atoms with van der Waals surface area (Å²) in [5.41, 5.74) is 2.01. The zero-order valence-electron chi connectivity index (χ0n) is 21.7. The summed E-state index contributed by atoms with van der Waals surface area (Å²) in [5, 5.41) is 9.92. The van der Waals surface area contributed by atoms with Gasteiger partial charge in [0.1, 0.15) is 10.7 Å². The van der Waals surface area contributed by atoms with Gasteiger partial charge in [0.25, 0.3) is 0 Å². The Morgan fingerprint density at radius 1 is 1.08 bits per heavy atom. The van der Waals surface area contributed by atoms with Gasteiger partial charge >= 0.3 is 12.1 Å². The van der Waals surface area contributed by atoms with Crippen LogP contribution in [0.2, 0.25) is 0 Å². The average Bonchev–Trinajstić information content (AvgIpc) is 3.45. The van der Waals surface area contributed by atoms with E-state index in [1.807, 2.05) is 29.7 Å². The number of carboxylic acid groups (broad SMARTS) is 1. The van der Waals surface area contributed by atoms with E-state index in [-0.39, 0.29) is 44.2 Å². The van der Waals surface area contributed by atoms with Crippen LogP contribution in [0.5, 0.6) is 0 Å². The molecule has 1 amide bonds. The SMILES string of the molecule is C[C@@H]1CN(CC(=O)N2CCc3c(n(Cc4ccc(C(F)(F)F)s4)c4c(F)cccc34)C2)C[C@H](C)N1CC(=O)O. The molecule has 0 saturated carbocycles. The second-order valence-electron chi connectivity index (χ2n) is 10.4. The minimum atomic E-state index is -4.44. The molecule has 0 unspecified atom stereocenters. The van der Waals surface area contributed by atoms with Crippen molar-refractivity contribution in [3.05, 3.63) is 57.2 Å². The number of aliphatic carboxylic acids is 1. The minimum absolute atomic E-state index is 0.0245. The first-order valence-electron chi connectivity index (χ1n) is 12.8. The Balaban J connectivity index is 1.37. The number of para-hydroxylation sites is 1. The van der Waals surface area contributed by atoms with Crippen LogP contribution in [0.4, 0.5) is 17.6 Å². The molecule has 1 fully saturated rings. The van der Waals surface area contributed by atoms with Crippen LogP contribution in [0, 0.1) is 5.82 Å². The van der Waals surface area contributed by atoms with Gasteiger partial charge in [-0.3, -0.25) is 19.4 Å². The molecule has 0 spiro atoms. The number of hydrogen-bond donors (Lipinski definition) is 1. The molecule has 2 aliphatic rings. The summed E-state index contributed by atoms with van der Waals surface area (Å²) in [7, 11) is 0. The first kappa shape index (κ1) is 27.6. The lowest BCUT2D eigenvalue weighted by Gasteiger charge is -2.44. The van der Waals surface area contributed by atoms with E-state index in [0.717, 1.165) is 22.7 Å². The molecule has 7 nitrogen and oxygen atoms in total. The molecular weight excluding hydrogens is 536 g/mol. The van der Waals surface area contributed by atoms with Crippen LogP contribution in [-0.2, 0) is 35.3 Å². The van der Waals surface area contributed by atoms with Crippen molar-refractivity contribution in [2.24, 2.45) is 0 Å². The maximum absolute atomic E-state index is 15.1. The van der Waals surface area contributed by atoms with E-state index in [1.54, 1.807) is 15.5 Å². The van der Waals surface area contributed by atoms with Crippen molar-refractivity contribution in [3.8, 4) is 0 Å². The summed E-state index contributed by atoms with van der Waals surface area (Å²) in [5.74, 6) is -1.42. The third kappa shape index (κ3) is 5.55. The molecule has 39 heavy (non-hydrogen) atoms. The van der Waals surface area contributed by atoms with Gasteiger partial charge in [0.15, 0.2) is 0 Å². The lowest BCUT2D eigenvalue weighted by atomic mass is 10.0. The highest BCUT2D eigenvalue weighted by atomic mass is 32.1. The first-order valence-corrected chi connectivity index (χ1v) is 13.7. The lowest BCUT2D eigenvalue weighted by molar-refractivity contribution is -0.142. The van der Waals surface area contributed by atoms with Gasteiger partial charge in [-0.05, 0) is 44.0 Å². The third-order valence-corrected chi connectivity index (χ3v) is 8.80. The van der Waals surface area contributed by atoms with Crippen LogP contribution >= 0.6 is 11.3 Å². The Kier molecular flexibility index (Phi) is 7.47. The van der Waals surface area contributed by atoms with E-state index in [9.17, 15) is 27.9 Å². The van der Waals surface area contributed by atoms with Crippen molar-refractivity contribution in [1.82, 2.24) is 19.3 Å². The van der Waals surface area contributed by atoms with Gasteiger partial charge in [-0.25, -0.2) is 4.39 Å². The zero-order valence-corrected chi connectivity index (χ0v) is 22.5. The van der Waals surface area contributed by atoms with Crippen LogP contribution in [0.25, 0.3) is 10.9 Å². The summed E-state index contributed by atoms with van der Waals surface area (Å²) in [6, 6.07) is 7.20. The fourth-order valence-corrected chi connectivity index (χ4v) is 6.83. The highest BCUT2D eigenvalue weighted by Crippen LogP contribution is 2.37. The molecule has 3 aromatic rings. The van der Waals surface area contributed by atoms with Gasteiger partial charge in [-0.15, -0.1) is 11.3 Å². The number of carboxylic acids is 1. The van der Waals surface area contributed by atoms with Crippen molar-refractivity contribution >= 4 is 34.1 Å². The van der Waals surface area contributed by atoms with Gasteiger partial charge in [0.2, 0.25) is 5.91 Å². The highest BCUT2D eigenvalue weighted by Gasteiger charge is 2.35. The number of thiophene rings is 1. The number of carbonyl (C=O) groups is 2. The van der Waals surface area contributed by atoms with Gasteiger partial charge in [0, 0.05) is 47.7 Å². The summed E-state index contributed by atoms with van der Waals surface area (Å²) < 4.78 is 56.4. The Bertz CT molecular complexity index is 1390. The number of fused-ring (bicyclic) bond motifs is 3. The van der Waals surface area contributed by atoms with Crippen molar-refractivity contribution in [2.45, 2.75) is 51.6 Å². The molecule has 1 aromatic carbocycles. The van der Waals surface area contributed by atoms with Crippen LogP contribution in [0.1, 0.15) is 34.9 Å². The van der Waals surface area contributed by atoms with Crippen LogP contribution in [0.3, 0.4) is 0 Å². The number of piperazine rings is 1. The Hall–Kier alpha value is -2.96. The number of benzene rings is 1. The maximum atomic E-state index is 15.1. The Morgan fingerprint density at radius 3 is 2.44 bits per heavy atom. The molecule has 0 aliphatic carbocycles. The van der Waals surface area contributed by atoms with Crippen LogP contribution < -0.4 is 0 Å². The molecule has 2 aromatic heterocycles. The fourth-order valence-electron chi connectivity index (χ4n) is 5.97. The van der Waals surface area contributed by atoms with E-state index < -0.39 is 22.8 Å². The number of alkyl halides is 3. The lowest BCUT2D eigenvalue weighted by Crippen LogP contribution is -2.59. The van der Waals surface area contributed by atoms with Crippen molar-refractivity contribution in [1.29, 1.82) is 0 Å². The van der Waals surface area contributed by atoms with Crippen molar-refractivity contribution in [2.75, 3.05) is 32.7 Å². The number of halogens is 4. The standard InChI is InChI=1S/C27H30F4N4O3S/c1-16-10-32(11-17(2)34(16)15-25(37)38)14-24(36)33-9-8-19-20-4-3-5-21(28)26(20)35(22(19)13-33)12-18-6-7-23(39-18)27(29,30)31/h3-7,16-17H,8-15H2,1-2H3,(H,37,38)/t16-,17+. The van der Waals surface area contributed by atoms with Crippen molar-refractivity contribution < 1.29 is 32.3 Å². The second-order valence-corrected chi connectivity index (χ2v) is 11.6. The molecule has 0 bridgehead atoms. The number of rotatable bonds is 6. The molecular formula is C27H30F4N4O3S. The summed E-state index contributed by atoms with van der Waals surface area (Å²) in [6.45, 7) is 5.94. The number of aromatic nitrogens is 1. The average molecular weight is 567 g/mol. The van der Waals surface area contributed by atoms with Crippen LogP contribution in [-0.4, -0.2) is 81.1 Å². The fraction of sp³-hybridized carbons (Fsp3) is 0.481. The van der Waals surface area contributed by atoms with E-state index >= 15 is 4.39 Å². The quantitative estimate of drug-likeness (QED) is 0.452. The predicted molar refractivity (Wildman–Crippen MR) is 139 cm³/mol. The van der Waals surface area contributed by atoms with Gasteiger partial charge in [-0.2, -0.15) is 13.2 Å². The molecule has 0 radical (unpaired) electrons. The van der Waals surface area contributed by atoms with Gasteiger partial charge in [-0.1, -0.05) is 12.1 Å². The molecule has 2 atom stereocenters. The molecule has 4 heterocycles. The summed E-state index contributed by atoms with van der Waals surface area (Å²) in [4.78, 5) is 30.0. The predicted octanol–water partition coefficient (Wildman–Crippen LogP) is 4.27. The topological polar surface area (TPSA) is 69.0 Å². The number of nitrogens with zero attached hydrogens (tertiary/aromatic N) is 4. The first-order chi connectivity index (χ1) is 18.4. The van der Waals surface area contributed by atoms with E-state index in [1.165, 1.54) is 12.1 Å². The maximum Gasteiger partial charge on any atom is 0.425 e. The highest BCUT2D eigenvalue weighted by molar-refractivity contribution is 7.12. The van der Waals surface area contributed by atoms with Gasteiger partial charge < -0.3 is 14.6 Å². The Labute approximate surface area is 227 Å². The second kappa shape index (κ2) is 10.5. The largest absolute Gasteiger partial charge is 0.480 e. The zero-order chi connectivity index (χ0) is 28.1. The molecule has 2 aliphatic heterocycles. The van der Waals surface area contributed by atoms with E-state index in [2.05, 4.69) is 0 Å². The molecule has 12 heteroatoms. The number of amides is 1. The van der Waals surface area contributed by atoms with Crippen LogP contribution in [0.15, 0.2) is 30.3 Å². The van der Waals surface area contributed by atoms with E-state index in [0.29, 0.717) is 47.8 Å².